The van der Waals surface area contributed by atoms with Crippen LogP contribution in [0.1, 0.15) is 18.4 Å². The standard InChI is InChI=1S/C18H25ClN2O4/c1-24-9-8-21-6-2-5-18(23,17(21)22)13-20-7-10-25-16-4-3-15(19)11-14(16)12-20/h3-4,11,23H,2,5-10,12-13H2,1H3. The summed E-state index contributed by atoms with van der Waals surface area (Å²) in [7, 11) is 1.61. The van der Waals surface area contributed by atoms with Crippen LogP contribution in [0, 0.1) is 0 Å². The molecule has 2 aliphatic heterocycles. The van der Waals surface area contributed by atoms with Crippen molar-refractivity contribution in [1.29, 1.82) is 0 Å². The molecule has 1 unspecified atom stereocenters. The van der Waals surface area contributed by atoms with E-state index in [9.17, 15) is 9.90 Å². The minimum Gasteiger partial charge on any atom is -0.492 e. The number of halogens is 1. The molecule has 138 valence electrons. The molecule has 7 heteroatoms. The van der Waals surface area contributed by atoms with Gasteiger partial charge in [-0.2, -0.15) is 0 Å². The molecule has 0 radical (unpaired) electrons. The number of rotatable bonds is 5. The molecule has 6 nitrogen and oxygen atoms in total. The van der Waals surface area contributed by atoms with Crippen molar-refractivity contribution in [2.75, 3.05) is 46.5 Å². The highest BCUT2D eigenvalue weighted by Gasteiger charge is 2.43. The van der Waals surface area contributed by atoms with Crippen molar-refractivity contribution in [3.05, 3.63) is 28.8 Å². The predicted octanol–water partition coefficient (Wildman–Crippen LogP) is 1.53. The Bertz CT molecular complexity index is 627. The van der Waals surface area contributed by atoms with Crippen LogP contribution in [0.3, 0.4) is 0 Å². The van der Waals surface area contributed by atoms with Crippen LogP contribution in [0.15, 0.2) is 18.2 Å². The fourth-order valence-electron chi connectivity index (χ4n) is 3.55. The fourth-order valence-corrected chi connectivity index (χ4v) is 3.74. The van der Waals surface area contributed by atoms with Gasteiger partial charge in [0.15, 0.2) is 5.60 Å². The SMILES string of the molecule is COCCN1CCCC(O)(CN2CCOc3ccc(Cl)cc3C2)C1=O. The number of ether oxygens (including phenoxy) is 2. The summed E-state index contributed by atoms with van der Waals surface area (Å²) < 4.78 is 10.8. The van der Waals surface area contributed by atoms with Gasteiger partial charge in [-0.25, -0.2) is 0 Å². The predicted molar refractivity (Wildman–Crippen MR) is 94.9 cm³/mol. The second-order valence-corrected chi connectivity index (χ2v) is 7.17. The van der Waals surface area contributed by atoms with Gasteiger partial charge in [-0.05, 0) is 31.0 Å². The third kappa shape index (κ3) is 4.26. The lowest BCUT2D eigenvalue weighted by atomic mass is 9.91. The van der Waals surface area contributed by atoms with Gasteiger partial charge in [0.1, 0.15) is 12.4 Å². The number of piperidine rings is 1. The van der Waals surface area contributed by atoms with E-state index in [0.29, 0.717) is 57.4 Å². The zero-order chi connectivity index (χ0) is 17.9. The summed E-state index contributed by atoms with van der Waals surface area (Å²) in [5.74, 6) is 0.614. The number of fused-ring (bicyclic) bond motifs is 1. The molecule has 1 saturated heterocycles. The van der Waals surface area contributed by atoms with Gasteiger partial charge in [-0.3, -0.25) is 9.69 Å². The lowest BCUT2D eigenvalue weighted by molar-refractivity contribution is -0.160. The molecule has 0 saturated carbocycles. The highest BCUT2D eigenvalue weighted by Crippen LogP contribution is 2.29. The zero-order valence-electron chi connectivity index (χ0n) is 14.5. The molecule has 2 heterocycles. The fraction of sp³-hybridized carbons (Fsp3) is 0.611. The molecule has 25 heavy (non-hydrogen) atoms. The van der Waals surface area contributed by atoms with E-state index >= 15 is 0 Å². The number of nitrogens with zero attached hydrogens (tertiary/aromatic N) is 2. The number of benzene rings is 1. The van der Waals surface area contributed by atoms with Crippen molar-refractivity contribution in [1.82, 2.24) is 9.80 Å². The van der Waals surface area contributed by atoms with Crippen LogP contribution in [0.25, 0.3) is 0 Å². The van der Waals surface area contributed by atoms with Gasteiger partial charge in [-0.1, -0.05) is 11.6 Å². The van der Waals surface area contributed by atoms with Crippen molar-refractivity contribution in [2.24, 2.45) is 0 Å². The second-order valence-electron chi connectivity index (χ2n) is 6.73. The van der Waals surface area contributed by atoms with Gasteiger partial charge in [-0.15, -0.1) is 0 Å². The number of likely N-dealkylation sites (tertiary alicyclic amines) is 1. The quantitative estimate of drug-likeness (QED) is 0.854. The van der Waals surface area contributed by atoms with Crippen LogP contribution in [0.2, 0.25) is 5.02 Å². The highest BCUT2D eigenvalue weighted by atomic mass is 35.5. The number of methoxy groups -OCH3 is 1. The number of hydrogen-bond donors (Lipinski definition) is 1. The van der Waals surface area contributed by atoms with Crippen molar-refractivity contribution in [3.63, 3.8) is 0 Å². The molecule has 1 N–H and O–H groups in total. The van der Waals surface area contributed by atoms with Crippen molar-refractivity contribution >= 4 is 17.5 Å². The van der Waals surface area contributed by atoms with Gasteiger partial charge in [0.2, 0.25) is 0 Å². The number of carbonyl (C=O) groups excluding carboxylic acids is 1. The molecule has 3 rings (SSSR count). The van der Waals surface area contributed by atoms with Crippen LogP contribution >= 0.6 is 11.6 Å². The third-order valence-electron chi connectivity index (χ3n) is 4.84. The Balaban J connectivity index is 1.70. The van der Waals surface area contributed by atoms with E-state index in [4.69, 9.17) is 21.1 Å². The number of carbonyl (C=O) groups is 1. The van der Waals surface area contributed by atoms with Crippen LogP contribution < -0.4 is 4.74 Å². The molecule has 1 amide bonds. The summed E-state index contributed by atoms with van der Waals surface area (Å²) in [6.07, 6.45) is 1.27. The van der Waals surface area contributed by atoms with Gasteiger partial charge in [0.05, 0.1) is 6.61 Å². The number of amides is 1. The molecule has 1 fully saturated rings. The Morgan fingerprint density at radius 1 is 1.40 bits per heavy atom. The Morgan fingerprint density at radius 2 is 2.24 bits per heavy atom. The Hall–Kier alpha value is -1.34. The third-order valence-corrected chi connectivity index (χ3v) is 5.07. The van der Waals surface area contributed by atoms with E-state index in [2.05, 4.69) is 4.90 Å². The average Bonchev–Trinajstić information content (AvgIpc) is 2.77. The summed E-state index contributed by atoms with van der Waals surface area (Å²) in [5, 5.41) is 11.7. The largest absolute Gasteiger partial charge is 0.492 e. The molecule has 0 aliphatic carbocycles. The maximum absolute atomic E-state index is 12.8. The first-order valence-electron chi connectivity index (χ1n) is 8.66. The van der Waals surface area contributed by atoms with Crippen molar-refractivity contribution in [2.45, 2.75) is 25.0 Å². The maximum atomic E-state index is 12.8. The first-order chi connectivity index (χ1) is 12.0. The molecule has 1 atom stereocenters. The lowest BCUT2D eigenvalue weighted by Gasteiger charge is -2.40. The lowest BCUT2D eigenvalue weighted by Crippen LogP contribution is -2.59. The summed E-state index contributed by atoms with van der Waals surface area (Å²) in [6.45, 7) is 3.73. The zero-order valence-corrected chi connectivity index (χ0v) is 15.3. The Morgan fingerprint density at radius 3 is 3.04 bits per heavy atom. The van der Waals surface area contributed by atoms with Crippen LogP contribution in [-0.4, -0.2) is 72.9 Å². The van der Waals surface area contributed by atoms with Crippen LogP contribution in [0.5, 0.6) is 5.75 Å². The molecule has 0 spiro atoms. The molecular formula is C18H25ClN2O4. The molecule has 2 aliphatic rings. The van der Waals surface area contributed by atoms with Crippen LogP contribution in [-0.2, 0) is 16.1 Å². The van der Waals surface area contributed by atoms with Gasteiger partial charge in [0, 0.05) is 50.4 Å². The van der Waals surface area contributed by atoms with Crippen molar-refractivity contribution in [3.8, 4) is 5.75 Å². The van der Waals surface area contributed by atoms with E-state index < -0.39 is 5.60 Å². The summed E-state index contributed by atoms with van der Waals surface area (Å²) in [4.78, 5) is 16.5. The monoisotopic (exact) mass is 368 g/mol. The molecule has 1 aromatic rings. The summed E-state index contributed by atoms with van der Waals surface area (Å²) in [5.41, 5.74) is -0.372. The smallest absolute Gasteiger partial charge is 0.255 e. The minimum absolute atomic E-state index is 0.202. The molecule has 0 bridgehead atoms. The van der Waals surface area contributed by atoms with E-state index in [-0.39, 0.29) is 5.91 Å². The number of hydrogen-bond acceptors (Lipinski definition) is 5. The van der Waals surface area contributed by atoms with Gasteiger partial charge < -0.3 is 19.5 Å². The number of aliphatic hydroxyl groups is 1. The first kappa shape index (κ1) is 18.5. The topological polar surface area (TPSA) is 62.2 Å². The van der Waals surface area contributed by atoms with Crippen molar-refractivity contribution < 1.29 is 19.4 Å². The Labute approximate surface area is 153 Å². The van der Waals surface area contributed by atoms with E-state index in [1.807, 2.05) is 18.2 Å². The number of β-amino-alcohol motifs (C(OH)–C–C–N with tert-alkyl or cyclic N) is 1. The summed E-state index contributed by atoms with van der Waals surface area (Å²) in [6, 6.07) is 5.56. The average molecular weight is 369 g/mol. The molecule has 0 aromatic heterocycles. The van der Waals surface area contributed by atoms with Crippen LogP contribution in [0.4, 0.5) is 0 Å². The maximum Gasteiger partial charge on any atom is 0.255 e. The normalized spacial score (nSPS) is 24.6. The highest BCUT2D eigenvalue weighted by molar-refractivity contribution is 6.30. The minimum atomic E-state index is -1.35. The first-order valence-corrected chi connectivity index (χ1v) is 9.04. The van der Waals surface area contributed by atoms with E-state index in [1.165, 1.54) is 0 Å². The van der Waals surface area contributed by atoms with E-state index in [1.54, 1.807) is 12.0 Å². The second kappa shape index (κ2) is 7.91. The summed E-state index contributed by atoms with van der Waals surface area (Å²) >= 11 is 6.09. The molecule has 1 aromatic carbocycles. The Kier molecular flexibility index (Phi) is 5.84. The van der Waals surface area contributed by atoms with Gasteiger partial charge in [0.25, 0.3) is 5.91 Å². The van der Waals surface area contributed by atoms with E-state index in [0.717, 1.165) is 17.7 Å². The molecular weight excluding hydrogens is 344 g/mol. The van der Waals surface area contributed by atoms with Gasteiger partial charge >= 0.3 is 0 Å².